The molecule has 5 rings (SSSR count). The van der Waals surface area contributed by atoms with E-state index >= 15 is 0 Å². The first kappa shape index (κ1) is 21.6. The van der Waals surface area contributed by atoms with Crippen LogP contribution in [0.3, 0.4) is 0 Å². The van der Waals surface area contributed by atoms with Crippen molar-refractivity contribution in [2.24, 2.45) is 7.05 Å². The molecule has 1 fully saturated rings. The fourth-order valence-electron chi connectivity index (χ4n) is 4.65. The summed E-state index contributed by atoms with van der Waals surface area (Å²) in [6.45, 7) is 1.15. The topological polar surface area (TPSA) is 71.4 Å². The number of benzene rings is 3. The van der Waals surface area contributed by atoms with Gasteiger partial charge in [0.15, 0.2) is 5.78 Å². The SMILES string of the molecule is Cn1c(-c2ccccc2)c(C(=O)CN2C(=O)N[C@](C)(c3ccc(F)cc3)C2=O)c2ccccc21. The number of para-hydroxylation sites is 1. The summed E-state index contributed by atoms with van der Waals surface area (Å²) in [6.07, 6.45) is 0. The monoisotopic (exact) mass is 455 g/mol. The Kier molecular flexibility index (Phi) is 5.05. The van der Waals surface area contributed by atoms with E-state index in [4.69, 9.17) is 0 Å². The van der Waals surface area contributed by atoms with Gasteiger partial charge in [0.25, 0.3) is 5.91 Å². The minimum Gasteiger partial charge on any atom is -0.343 e. The Morgan fingerprint density at radius 1 is 0.941 bits per heavy atom. The summed E-state index contributed by atoms with van der Waals surface area (Å²) in [4.78, 5) is 40.7. The van der Waals surface area contributed by atoms with Gasteiger partial charge in [-0.3, -0.25) is 14.5 Å². The summed E-state index contributed by atoms with van der Waals surface area (Å²) in [7, 11) is 1.89. The lowest BCUT2D eigenvalue weighted by Gasteiger charge is -2.22. The number of rotatable bonds is 5. The number of aromatic nitrogens is 1. The van der Waals surface area contributed by atoms with Crippen LogP contribution in [0.1, 0.15) is 22.8 Å². The van der Waals surface area contributed by atoms with Crippen molar-refractivity contribution < 1.29 is 18.8 Å². The predicted molar refractivity (Wildman–Crippen MR) is 127 cm³/mol. The van der Waals surface area contributed by atoms with Gasteiger partial charge in [-0.2, -0.15) is 0 Å². The van der Waals surface area contributed by atoms with Crippen LogP contribution in [0.5, 0.6) is 0 Å². The lowest BCUT2D eigenvalue weighted by Crippen LogP contribution is -2.41. The number of urea groups is 1. The van der Waals surface area contributed by atoms with Gasteiger partial charge < -0.3 is 9.88 Å². The first-order valence-electron chi connectivity index (χ1n) is 10.9. The molecule has 1 N–H and O–H groups in total. The fraction of sp³-hybridized carbons (Fsp3) is 0.148. The number of carbonyl (C=O) groups is 3. The van der Waals surface area contributed by atoms with E-state index in [1.54, 1.807) is 6.92 Å². The van der Waals surface area contributed by atoms with Crippen LogP contribution in [-0.4, -0.2) is 33.7 Å². The quantitative estimate of drug-likeness (QED) is 0.352. The zero-order valence-electron chi connectivity index (χ0n) is 18.7. The van der Waals surface area contributed by atoms with Gasteiger partial charge in [0, 0.05) is 18.0 Å². The molecule has 6 nitrogen and oxygen atoms in total. The molecule has 170 valence electrons. The molecule has 1 atom stereocenters. The number of nitrogens with one attached hydrogen (secondary N) is 1. The molecule has 2 heterocycles. The smallest absolute Gasteiger partial charge is 0.325 e. The van der Waals surface area contributed by atoms with E-state index < -0.39 is 29.8 Å². The molecule has 1 aromatic heterocycles. The first-order chi connectivity index (χ1) is 16.3. The molecule has 4 aromatic rings. The highest BCUT2D eigenvalue weighted by Gasteiger charge is 2.49. The van der Waals surface area contributed by atoms with Crippen LogP contribution >= 0.6 is 0 Å². The van der Waals surface area contributed by atoms with Crippen molar-refractivity contribution in [3.05, 3.63) is 95.8 Å². The van der Waals surface area contributed by atoms with E-state index in [0.29, 0.717) is 11.1 Å². The average molecular weight is 455 g/mol. The molecule has 3 aromatic carbocycles. The molecule has 3 amide bonds. The maximum absolute atomic E-state index is 13.7. The fourth-order valence-corrected chi connectivity index (χ4v) is 4.65. The van der Waals surface area contributed by atoms with Crippen LogP contribution in [0.4, 0.5) is 9.18 Å². The zero-order valence-corrected chi connectivity index (χ0v) is 18.7. The largest absolute Gasteiger partial charge is 0.343 e. The average Bonchev–Trinajstić information content (AvgIpc) is 3.26. The van der Waals surface area contributed by atoms with E-state index in [2.05, 4.69) is 5.32 Å². The lowest BCUT2D eigenvalue weighted by atomic mass is 9.92. The number of aryl methyl sites for hydroxylation is 1. The van der Waals surface area contributed by atoms with Gasteiger partial charge in [-0.25, -0.2) is 9.18 Å². The molecule has 1 aliphatic rings. The van der Waals surface area contributed by atoms with Crippen LogP contribution in [0.2, 0.25) is 0 Å². The molecule has 34 heavy (non-hydrogen) atoms. The molecule has 0 radical (unpaired) electrons. The normalized spacial score (nSPS) is 17.9. The molecule has 1 aliphatic heterocycles. The van der Waals surface area contributed by atoms with Gasteiger partial charge in [-0.05, 0) is 36.2 Å². The number of ketones is 1. The number of imide groups is 1. The van der Waals surface area contributed by atoms with Gasteiger partial charge >= 0.3 is 6.03 Å². The van der Waals surface area contributed by atoms with Gasteiger partial charge in [0.1, 0.15) is 11.4 Å². The van der Waals surface area contributed by atoms with Crippen LogP contribution in [0.15, 0.2) is 78.9 Å². The Morgan fingerprint density at radius 3 is 2.29 bits per heavy atom. The molecule has 0 bridgehead atoms. The van der Waals surface area contributed by atoms with Gasteiger partial charge in [0.2, 0.25) is 0 Å². The summed E-state index contributed by atoms with van der Waals surface area (Å²) in [5.41, 5.74) is 1.97. The molecule has 0 spiro atoms. The first-order valence-corrected chi connectivity index (χ1v) is 10.9. The maximum atomic E-state index is 13.7. The van der Waals surface area contributed by atoms with Crippen molar-refractivity contribution in [2.45, 2.75) is 12.5 Å². The summed E-state index contributed by atoms with van der Waals surface area (Å²) < 4.78 is 15.3. The van der Waals surface area contributed by atoms with E-state index in [1.165, 1.54) is 24.3 Å². The minimum atomic E-state index is -1.38. The Labute approximate surface area is 195 Å². The minimum absolute atomic E-state index is 0.345. The Morgan fingerprint density at radius 2 is 1.59 bits per heavy atom. The third-order valence-electron chi connectivity index (χ3n) is 6.43. The number of hydrogen-bond donors (Lipinski definition) is 1. The second kappa shape index (κ2) is 7.95. The van der Waals surface area contributed by atoms with Crippen LogP contribution in [0.25, 0.3) is 22.2 Å². The van der Waals surface area contributed by atoms with Gasteiger partial charge in [0.05, 0.1) is 17.8 Å². The van der Waals surface area contributed by atoms with Crippen molar-refractivity contribution >= 4 is 28.6 Å². The molecular weight excluding hydrogens is 433 g/mol. The zero-order chi connectivity index (χ0) is 24.0. The summed E-state index contributed by atoms with van der Waals surface area (Å²) in [5, 5.41) is 3.42. The van der Waals surface area contributed by atoms with Crippen molar-refractivity contribution in [3.8, 4) is 11.3 Å². The Bertz CT molecular complexity index is 1440. The number of hydrogen-bond acceptors (Lipinski definition) is 3. The van der Waals surface area contributed by atoms with Crippen LogP contribution in [0, 0.1) is 5.82 Å². The summed E-state index contributed by atoms with van der Waals surface area (Å²) in [5.74, 6) is -1.35. The number of carbonyl (C=O) groups excluding carboxylic acids is 3. The van der Waals surface area contributed by atoms with E-state index in [1.807, 2.05) is 66.2 Å². The van der Waals surface area contributed by atoms with Gasteiger partial charge in [-0.1, -0.05) is 60.7 Å². The molecule has 0 unspecified atom stereocenters. The molecular formula is C27H22FN3O3. The van der Waals surface area contributed by atoms with Crippen LogP contribution in [-0.2, 0) is 17.4 Å². The lowest BCUT2D eigenvalue weighted by molar-refractivity contribution is -0.130. The third kappa shape index (κ3) is 3.28. The summed E-state index contributed by atoms with van der Waals surface area (Å²) in [6, 6.07) is 21.8. The maximum Gasteiger partial charge on any atom is 0.325 e. The Balaban J connectivity index is 1.54. The van der Waals surface area contributed by atoms with Crippen molar-refractivity contribution in [2.75, 3.05) is 6.54 Å². The second-order valence-electron chi connectivity index (χ2n) is 8.54. The number of halogens is 1. The molecule has 7 heteroatoms. The highest BCUT2D eigenvalue weighted by molar-refractivity contribution is 6.17. The molecule has 0 saturated carbocycles. The molecule has 1 saturated heterocycles. The van der Waals surface area contributed by atoms with Crippen LogP contribution < -0.4 is 5.32 Å². The molecule has 0 aliphatic carbocycles. The number of Topliss-reactive ketones (excluding diaryl/α,β-unsaturated/α-hetero) is 1. The highest BCUT2D eigenvalue weighted by atomic mass is 19.1. The number of fused-ring (bicyclic) bond motifs is 1. The van der Waals surface area contributed by atoms with E-state index in [9.17, 15) is 18.8 Å². The van der Waals surface area contributed by atoms with Gasteiger partial charge in [-0.15, -0.1) is 0 Å². The standard InChI is InChI=1S/C27H22FN3O3/c1-27(18-12-14-19(28)15-13-18)25(33)31(26(34)29-27)16-22(32)23-20-10-6-7-11-21(20)30(2)24(23)17-8-4-3-5-9-17/h3-15H,16H2,1-2H3,(H,29,34)/t27-/m1/s1. The predicted octanol–water partition coefficient (Wildman–Crippen LogP) is 4.63. The Hall–Kier alpha value is -4.26. The highest BCUT2D eigenvalue weighted by Crippen LogP contribution is 2.34. The van der Waals surface area contributed by atoms with Crippen molar-refractivity contribution in [1.82, 2.24) is 14.8 Å². The number of amides is 3. The third-order valence-corrected chi connectivity index (χ3v) is 6.43. The van der Waals surface area contributed by atoms with Crippen molar-refractivity contribution in [3.63, 3.8) is 0 Å². The van der Waals surface area contributed by atoms with E-state index in [0.717, 1.165) is 27.1 Å². The summed E-state index contributed by atoms with van der Waals surface area (Å²) >= 11 is 0. The second-order valence-corrected chi connectivity index (χ2v) is 8.54. The van der Waals surface area contributed by atoms with Crippen molar-refractivity contribution in [1.29, 1.82) is 0 Å². The number of nitrogens with zero attached hydrogens (tertiary/aromatic N) is 2. The van der Waals surface area contributed by atoms with E-state index in [-0.39, 0.29) is 5.78 Å².